The Bertz CT molecular complexity index is 4840. The van der Waals surface area contributed by atoms with Gasteiger partial charge in [-0.05, 0) is 121 Å². The van der Waals surface area contributed by atoms with Gasteiger partial charge in [0.25, 0.3) is 0 Å². The van der Waals surface area contributed by atoms with Gasteiger partial charge in [0.05, 0.1) is 63.0 Å². The van der Waals surface area contributed by atoms with Crippen molar-refractivity contribution in [2.75, 3.05) is 32.8 Å². The number of primary amides is 1. The summed E-state index contributed by atoms with van der Waals surface area (Å²) in [5.41, 5.74) is 17.7. The van der Waals surface area contributed by atoms with E-state index in [1.807, 2.05) is 5.32 Å². The quantitative estimate of drug-likeness (QED) is 0.0233. The van der Waals surface area contributed by atoms with E-state index in [9.17, 15) is 156 Å². The highest BCUT2D eigenvalue weighted by molar-refractivity contribution is 6.02. The number of carbonyl (C=O) groups excluding carboxylic acids is 19. The van der Waals surface area contributed by atoms with Gasteiger partial charge in [0.2, 0.25) is 112 Å². The first-order valence-corrected chi connectivity index (χ1v) is 45.1. The van der Waals surface area contributed by atoms with E-state index in [1.165, 1.54) is 95.7 Å². The number of rotatable bonds is 65. The van der Waals surface area contributed by atoms with Crippen molar-refractivity contribution in [3.05, 3.63) is 83.9 Å². The monoisotopic (exact) mass is 2010 g/mol. The first-order valence-electron chi connectivity index (χ1n) is 45.1. The second-order valence-electron chi connectivity index (χ2n) is 34.1. The van der Waals surface area contributed by atoms with Crippen LogP contribution in [-0.2, 0) is 130 Å². The number of hydrogen-bond donors (Lipinski definition) is 31. The van der Waals surface area contributed by atoms with E-state index in [1.54, 1.807) is 19.9 Å². The van der Waals surface area contributed by atoms with E-state index in [2.05, 4.69) is 100 Å². The molecule has 0 aliphatic carbocycles. The number of unbranched alkanes of at least 4 members (excludes halogenated alkanes) is 1. The van der Waals surface area contributed by atoms with Gasteiger partial charge in [0.1, 0.15) is 102 Å². The molecule has 1 heterocycles. The van der Waals surface area contributed by atoms with Crippen LogP contribution < -0.4 is 113 Å². The molecule has 0 saturated carbocycles. The van der Waals surface area contributed by atoms with Crippen molar-refractivity contribution in [3.63, 3.8) is 0 Å². The van der Waals surface area contributed by atoms with Gasteiger partial charge in [0, 0.05) is 44.7 Å². The number of aliphatic carboxylic acids is 4. The number of carbonyl (C=O) groups is 23. The molecule has 0 unspecified atom stereocenters. The molecule has 0 aliphatic heterocycles. The summed E-state index contributed by atoms with van der Waals surface area (Å²) in [6.07, 6.45) is -6.16. The topological polar surface area (TPSA) is 898 Å². The molecule has 3 aromatic rings. The predicted molar refractivity (Wildman–Crippen MR) is 493 cm³/mol. The Morgan fingerprint density at radius 3 is 1.21 bits per heavy atom. The van der Waals surface area contributed by atoms with Crippen molar-refractivity contribution >= 4 is 136 Å². The second kappa shape index (κ2) is 61.5. The number of aromatic hydroxyl groups is 1. The highest BCUT2D eigenvalue weighted by Gasteiger charge is 2.41. The standard InChI is InChI=1S/C87H131N23O32/c1-40(2)29-56(78(132)100-53(24-27-66(121)122)76(130)92-35-63(117)98-54(22-25-62(90)116)77(131)97-42(5)71(125)95-43(6)73(127)101-55(87(141)142)17-13-14-28-88)102-79(133)57(31-48-18-20-50(115)21-19-48)103-82(136)60(37-111)106-84(138)68(41(3)4)109-81(135)59(33-67(123)124)104-83(137)61(38-112)107-86(140)70(46(9)114)110-80(134)58(30-47-15-11-10-12-16-47)105-85(139)69(45(8)113)108-64(118)36-93-75(129)52(23-26-65(119)120)99-72(126)44(7)96-74(128)51(89)32-49-34-91-39-94-49/h10-12,15-16,18-21,34,39-46,51-61,68-70,111-115H,13-14,17,22-33,35-38,88-89H2,1-9H3,(H2,90,116)(H,91,94)(H,92,130)(H,93,129)(H,95,125)(H,96,128)(H,97,131)(H,98,117)(H,99,126)(H,100,132)(H,101,127)(H,102,133)(H,103,136)(H,104,137)(H,105,139)(H,106,138)(H,107,140)(H,108,118)(H,109,135)(H,110,134)(H,119,120)(H,121,122)(H,123,124)(H,141,142)/t42-,43-,44-,45+,46+,51-,52-,53-,54-,55-,56-,57-,58-,59-,60-,61-,68-,69-,70-/m0/s1. The second-order valence-corrected chi connectivity index (χ2v) is 34.1. The lowest BCUT2D eigenvalue weighted by Crippen LogP contribution is -2.63. The Balaban J connectivity index is 1.82. The zero-order valence-electron chi connectivity index (χ0n) is 79.5. The third-order valence-corrected chi connectivity index (χ3v) is 21.2. The maximum Gasteiger partial charge on any atom is 0.326 e. The molecule has 0 bridgehead atoms. The highest BCUT2D eigenvalue weighted by atomic mass is 16.4. The Labute approximate surface area is 813 Å². The molecule has 55 nitrogen and oxygen atoms in total. The number of imidazole rings is 1. The molecule has 2 aromatic carbocycles. The minimum atomic E-state index is -2.21. The Morgan fingerprint density at radius 1 is 0.373 bits per heavy atom. The summed E-state index contributed by atoms with van der Waals surface area (Å²) in [7, 11) is 0. The number of aliphatic hydroxyl groups excluding tert-OH is 4. The Hall–Kier alpha value is -15.0. The van der Waals surface area contributed by atoms with E-state index < -0.39 is 347 Å². The van der Waals surface area contributed by atoms with Crippen molar-refractivity contribution in [3.8, 4) is 5.75 Å². The molecule has 0 spiro atoms. The fourth-order valence-corrected chi connectivity index (χ4v) is 13.3. The molecule has 0 radical (unpaired) electrons. The molecule has 19 amide bonds. The van der Waals surface area contributed by atoms with Crippen molar-refractivity contribution in [2.24, 2.45) is 29.0 Å². The van der Waals surface area contributed by atoms with Gasteiger partial charge in [0.15, 0.2) is 0 Å². The molecule has 0 saturated heterocycles. The maximum absolute atomic E-state index is 14.6. The molecule has 3 rings (SSSR count). The van der Waals surface area contributed by atoms with Crippen LogP contribution in [0.15, 0.2) is 67.1 Å². The Kier molecular flexibility index (Phi) is 52.4. The van der Waals surface area contributed by atoms with Crippen LogP contribution in [0.4, 0.5) is 0 Å². The molecule has 34 N–H and O–H groups in total. The minimum absolute atomic E-state index is 0.0242. The predicted octanol–water partition coefficient (Wildman–Crippen LogP) is -11.3. The maximum atomic E-state index is 14.6. The van der Waals surface area contributed by atoms with Gasteiger partial charge >= 0.3 is 23.9 Å². The fraction of sp³-hybridized carbons (Fsp3) is 0.563. The number of nitrogens with zero attached hydrogens (tertiary/aromatic N) is 1. The number of carboxylic acid groups (broad SMARTS) is 4. The average Bonchev–Trinajstić information content (AvgIpc) is 0.971. The summed E-state index contributed by atoms with van der Waals surface area (Å²) in [6, 6.07) is -16.6. The normalized spacial score (nSPS) is 15.1. The van der Waals surface area contributed by atoms with Crippen molar-refractivity contribution < 1.29 is 156 Å². The molecule has 786 valence electrons. The third kappa shape index (κ3) is 44.4. The molecule has 1 aromatic heterocycles. The zero-order chi connectivity index (χ0) is 107. The van der Waals surface area contributed by atoms with E-state index in [4.69, 9.17) is 17.2 Å². The number of nitrogens with one attached hydrogen (secondary N) is 19. The molecular formula is C87H131N23O32. The number of nitrogens with two attached hydrogens (primary N) is 3. The summed E-state index contributed by atoms with van der Waals surface area (Å²) < 4.78 is 0. The SMILES string of the molecule is CC(C)C[C@H](NC(=O)[C@H](Cc1ccc(O)cc1)NC(=O)[C@H](CO)NC(=O)[C@@H](NC(=O)[C@H](CC(=O)O)NC(=O)[C@H](CO)NC(=O)[C@@H](NC(=O)[C@H](Cc1ccccc1)NC(=O)[C@@H](NC(=O)CNC(=O)[C@H](CCC(=O)O)NC(=O)[C@H](C)NC(=O)[C@@H](N)Cc1c[nH]cn1)[C@@H](C)O)[C@@H](C)O)C(C)C)C(=O)N[C@@H](CCC(=O)O)C(=O)NCC(=O)N[C@@H](CCC(N)=O)C(=O)N[C@@H](C)C(=O)N[C@@H](C)C(=O)N[C@@H](CCCCN)C(=O)O. The van der Waals surface area contributed by atoms with Crippen LogP contribution >= 0.6 is 0 Å². The van der Waals surface area contributed by atoms with Crippen LogP contribution in [0.5, 0.6) is 5.75 Å². The summed E-state index contributed by atoms with van der Waals surface area (Å²) in [4.78, 5) is 314. The lowest BCUT2D eigenvalue weighted by Gasteiger charge is -2.29. The van der Waals surface area contributed by atoms with Crippen molar-refractivity contribution in [1.29, 1.82) is 0 Å². The number of benzene rings is 2. The molecular weight excluding hydrogens is 1880 g/mol. The third-order valence-electron chi connectivity index (χ3n) is 21.2. The van der Waals surface area contributed by atoms with Gasteiger partial charge in [-0.2, -0.15) is 0 Å². The smallest absolute Gasteiger partial charge is 0.326 e. The number of phenolic OH excluding ortho intramolecular Hbond substituents is 1. The number of aromatic amines is 1. The van der Waals surface area contributed by atoms with Gasteiger partial charge < -0.3 is 164 Å². The van der Waals surface area contributed by atoms with Crippen molar-refractivity contribution in [1.82, 2.24) is 106 Å². The first-order chi connectivity index (χ1) is 66.7. The number of phenols is 1. The summed E-state index contributed by atoms with van der Waals surface area (Å²) in [5.74, 6) is -29.9. The van der Waals surface area contributed by atoms with Crippen LogP contribution in [0.3, 0.4) is 0 Å². The van der Waals surface area contributed by atoms with Gasteiger partial charge in [-0.3, -0.25) is 105 Å². The van der Waals surface area contributed by atoms with Crippen LogP contribution in [0.25, 0.3) is 0 Å². The number of hydrogen-bond acceptors (Lipinski definition) is 31. The first kappa shape index (κ1) is 121. The molecule has 0 fully saturated rings. The summed E-state index contributed by atoms with van der Waals surface area (Å²) >= 11 is 0. The number of carboxylic acids is 4. The Morgan fingerprint density at radius 2 is 0.754 bits per heavy atom. The van der Waals surface area contributed by atoms with Crippen LogP contribution in [0.1, 0.15) is 150 Å². The van der Waals surface area contributed by atoms with Gasteiger partial charge in [-0.25, -0.2) is 9.78 Å². The molecule has 0 aliphatic rings. The van der Waals surface area contributed by atoms with Crippen LogP contribution in [-0.4, -0.2) is 340 Å². The zero-order valence-corrected chi connectivity index (χ0v) is 79.5. The lowest BCUT2D eigenvalue weighted by atomic mass is 10.00. The molecule has 55 heteroatoms. The van der Waals surface area contributed by atoms with E-state index in [0.717, 1.165) is 13.8 Å². The van der Waals surface area contributed by atoms with E-state index in [-0.39, 0.29) is 37.1 Å². The number of H-pyrrole nitrogens is 1. The lowest BCUT2D eigenvalue weighted by molar-refractivity contribution is -0.142. The van der Waals surface area contributed by atoms with Crippen LogP contribution in [0.2, 0.25) is 0 Å². The average molecular weight is 2010 g/mol. The largest absolute Gasteiger partial charge is 0.508 e. The number of aliphatic hydroxyl groups is 4. The molecule has 142 heavy (non-hydrogen) atoms. The summed E-state index contributed by atoms with van der Waals surface area (Å²) in [5, 5.41) is 132. The van der Waals surface area contributed by atoms with Gasteiger partial charge in [-0.15, -0.1) is 0 Å². The van der Waals surface area contributed by atoms with Gasteiger partial charge in [-0.1, -0.05) is 70.2 Å². The summed E-state index contributed by atoms with van der Waals surface area (Å²) in [6.45, 7) is 7.21. The van der Waals surface area contributed by atoms with E-state index >= 15 is 0 Å². The number of amides is 19. The molecule has 19 atom stereocenters. The van der Waals surface area contributed by atoms with Crippen LogP contribution in [0, 0.1) is 11.8 Å². The van der Waals surface area contributed by atoms with Crippen molar-refractivity contribution in [2.45, 2.75) is 267 Å². The fourth-order valence-electron chi connectivity index (χ4n) is 13.3. The minimum Gasteiger partial charge on any atom is -0.508 e. The number of aromatic nitrogens is 2. The highest BCUT2D eigenvalue weighted by Crippen LogP contribution is 2.17. The van der Waals surface area contributed by atoms with E-state index in [0.29, 0.717) is 24.1 Å².